The van der Waals surface area contributed by atoms with Gasteiger partial charge >= 0.3 is 0 Å². The van der Waals surface area contributed by atoms with Crippen LogP contribution in [0.1, 0.15) is 95.0 Å². The Bertz CT molecular complexity index is 3640. The maximum atomic E-state index is 12.9. The van der Waals surface area contributed by atoms with Crippen LogP contribution in [0.4, 0.5) is 10.3 Å². The second-order valence-corrected chi connectivity index (χ2v) is 28.2. The quantitative estimate of drug-likeness (QED) is 0.0182. The van der Waals surface area contributed by atoms with Gasteiger partial charge in [0, 0.05) is 66.4 Å². The van der Waals surface area contributed by atoms with E-state index in [4.69, 9.17) is 62.1 Å². The van der Waals surface area contributed by atoms with Crippen LogP contribution in [0.25, 0.3) is 22.5 Å². The standard InChI is InChI=1S/C34H34Cl2N4O5S2.C26H32Cl2N4O3S2.H4N2.H2O/c1-22(2)19-29-31(24-13-14-27(35)28(36)20-24)37-34(46-29)39(21-23-9-4-3-5-10-23)17-15-30(41)38-47(44,45)18-8-16-40-32(42)25-11-6-7-12-26(25)33(40)43;1-18(2)15-23-25(20-9-10-21(27)22(28)16-20)30-26(36-23)32(17-19-7-4-3-5-8-19)13-11-24(33)31-37(34,35)14-6-12-29;1-2;/h3-7,9-14,20,22H,8,15-19,21H2,1-2H3,(H,38,41);3-5,7-10,16,18H,6,11-15,17,29H2,1-2H3,(H,31,33);1-2H2;1H2. The third-order valence-corrected chi connectivity index (χ3v) is 19.5. The number of aromatic nitrogens is 2. The number of thiazole rings is 2. The topological polar surface area (TPSA) is 306 Å². The fourth-order valence-electron chi connectivity index (χ4n) is 8.95. The summed E-state index contributed by atoms with van der Waals surface area (Å²) in [6, 6.07) is 37.0. The molecule has 0 atom stereocenters. The Hall–Kier alpha value is -6.06. The number of nitrogens with zero attached hydrogens (tertiary/aromatic N) is 5. The van der Waals surface area contributed by atoms with Crippen molar-refractivity contribution in [3.63, 3.8) is 0 Å². The number of imide groups is 1. The first-order valence-electron chi connectivity index (χ1n) is 27.5. The third-order valence-electron chi connectivity index (χ3n) is 13.0. The van der Waals surface area contributed by atoms with Crippen molar-refractivity contribution in [1.82, 2.24) is 24.3 Å². The summed E-state index contributed by atoms with van der Waals surface area (Å²) < 4.78 is 54.2. The lowest BCUT2D eigenvalue weighted by Gasteiger charge is -2.22. The highest BCUT2D eigenvalue weighted by atomic mass is 35.5. The second kappa shape index (κ2) is 34.1. The number of rotatable bonds is 27. The molecule has 87 heavy (non-hydrogen) atoms. The molecule has 0 bridgehead atoms. The van der Waals surface area contributed by atoms with Gasteiger partial charge in [0.1, 0.15) is 0 Å². The van der Waals surface area contributed by atoms with Crippen molar-refractivity contribution >= 4 is 123 Å². The molecule has 0 aliphatic carbocycles. The molecular formula is C60H72Cl4N10O9S4. The van der Waals surface area contributed by atoms with Gasteiger partial charge in [0.05, 0.1) is 54.1 Å². The molecule has 0 saturated carbocycles. The van der Waals surface area contributed by atoms with E-state index in [9.17, 15) is 36.0 Å². The smallest absolute Gasteiger partial charge is 0.261 e. The largest absolute Gasteiger partial charge is 0.412 e. The molecule has 0 spiro atoms. The molecule has 2 aromatic heterocycles. The van der Waals surface area contributed by atoms with E-state index in [1.54, 1.807) is 53.8 Å². The molecule has 7 aromatic rings. The molecule has 5 aromatic carbocycles. The van der Waals surface area contributed by atoms with E-state index in [0.717, 1.165) is 66.3 Å². The van der Waals surface area contributed by atoms with E-state index < -0.39 is 49.4 Å². The summed E-state index contributed by atoms with van der Waals surface area (Å²) >= 11 is 28.1. The number of fused-ring (bicyclic) bond motifs is 1. The summed E-state index contributed by atoms with van der Waals surface area (Å²) in [6.45, 7) is 10.2. The first-order valence-corrected chi connectivity index (χ1v) is 34.0. The number of carbonyl (C=O) groups excluding carboxylic acids is 4. The van der Waals surface area contributed by atoms with Crippen molar-refractivity contribution in [3.8, 4) is 22.5 Å². The molecule has 468 valence electrons. The van der Waals surface area contributed by atoms with Crippen molar-refractivity contribution in [1.29, 1.82) is 0 Å². The maximum Gasteiger partial charge on any atom is 0.261 e. The fourth-order valence-corrected chi connectivity index (χ4v) is 14.3. The number of carbonyl (C=O) groups is 4. The van der Waals surface area contributed by atoms with Crippen LogP contribution in [0.5, 0.6) is 0 Å². The van der Waals surface area contributed by atoms with Crippen LogP contribution in [0.2, 0.25) is 20.1 Å². The molecule has 1 aliphatic rings. The van der Waals surface area contributed by atoms with Crippen LogP contribution in [0.15, 0.2) is 121 Å². The minimum absolute atomic E-state index is 0. The number of hydrogen-bond donors (Lipinski definition) is 5. The zero-order chi connectivity index (χ0) is 62.7. The van der Waals surface area contributed by atoms with E-state index in [2.05, 4.69) is 48.8 Å². The number of nitrogens with two attached hydrogens (primary N) is 3. The monoisotopic (exact) mass is 1340 g/mol. The highest BCUT2D eigenvalue weighted by molar-refractivity contribution is 7.90. The number of hydrazine groups is 1. The molecule has 19 nitrogen and oxygen atoms in total. The van der Waals surface area contributed by atoms with Crippen LogP contribution in [0.3, 0.4) is 0 Å². The Kier molecular flexibility index (Phi) is 28.1. The number of hydrogen-bond acceptors (Lipinski definition) is 17. The van der Waals surface area contributed by atoms with Gasteiger partial charge < -0.3 is 21.0 Å². The Balaban J connectivity index is 0.000000313. The predicted octanol–water partition coefficient (Wildman–Crippen LogP) is 10.3. The molecule has 0 fully saturated rings. The molecule has 0 saturated heterocycles. The maximum absolute atomic E-state index is 12.9. The molecule has 27 heteroatoms. The first-order chi connectivity index (χ1) is 41.0. The fraction of sp³-hybridized carbons (Fsp3) is 0.333. The van der Waals surface area contributed by atoms with E-state index in [-0.39, 0.29) is 56.5 Å². The lowest BCUT2D eigenvalue weighted by atomic mass is 10.0. The Morgan fingerprint density at radius 2 is 0.954 bits per heavy atom. The van der Waals surface area contributed by atoms with Crippen molar-refractivity contribution in [2.75, 3.05) is 47.5 Å². The molecule has 8 rings (SSSR count). The minimum Gasteiger partial charge on any atom is -0.412 e. The zero-order valence-electron chi connectivity index (χ0n) is 48.5. The van der Waals surface area contributed by atoms with Gasteiger partial charge in [-0.05, 0) is 91.6 Å². The highest BCUT2D eigenvalue weighted by Gasteiger charge is 2.35. The van der Waals surface area contributed by atoms with E-state index in [1.807, 2.05) is 88.7 Å². The van der Waals surface area contributed by atoms with Crippen LogP contribution in [-0.4, -0.2) is 98.5 Å². The summed E-state index contributed by atoms with van der Waals surface area (Å²) in [5, 5.41) is 3.26. The second-order valence-electron chi connectivity index (χ2n) is 20.8. The average molecular weight is 1350 g/mol. The predicted molar refractivity (Wildman–Crippen MR) is 352 cm³/mol. The molecular weight excluding hydrogens is 1270 g/mol. The average Bonchev–Trinajstić information content (AvgIpc) is 1.90. The van der Waals surface area contributed by atoms with Crippen LogP contribution >= 0.6 is 69.1 Å². The molecule has 1 aliphatic heterocycles. The Labute approximate surface area is 536 Å². The van der Waals surface area contributed by atoms with E-state index in [0.29, 0.717) is 67.8 Å². The normalized spacial score (nSPS) is 12.0. The number of amides is 4. The van der Waals surface area contributed by atoms with Crippen molar-refractivity contribution < 1.29 is 41.5 Å². The summed E-state index contributed by atoms with van der Waals surface area (Å²) in [4.78, 5) is 67.8. The van der Waals surface area contributed by atoms with Crippen LogP contribution in [0, 0.1) is 11.8 Å². The summed E-state index contributed by atoms with van der Waals surface area (Å²) in [7, 11) is -7.72. The molecule has 4 amide bonds. The number of nitrogens with one attached hydrogen (secondary N) is 2. The zero-order valence-corrected chi connectivity index (χ0v) is 54.8. The Morgan fingerprint density at radius 3 is 1.32 bits per heavy atom. The van der Waals surface area contributed by atoms with Crippen molar-refractivity contribution in [2.45, 2.75) is 79.3 Å². The van der Waals surface area contributed by atoms with Gasteiger partial charge in [0.2, 0.25) is 31.9 Å². The molecule has 10 N–H and O–H groups in total. The van der Waals surface area contributed by atoms with E-state index >= 15 is 0 Å². The lowest BCUT2D eigenvalue weighted by Crippen LogP contribution is -2.37. The van der Waals surface area contributed by atoms with Gasteiger partial charge in [-0.25, -0.2) is 26.8 Å². The van der Waals surface area contributed by atoms with Gasteiger partial charge in [-0.15, -0.1) is 22.7 Å². The molecule has 0 unspecified atom stereocenters. The highest BCUT2D eigenvalue weighted by Crippen LogP contribution is 2.39. The molecule has 3 heterocycles. The SMILES string of the molecule is CC(C)Cc1sc(N(CCC(=O)NS(=O)(=O)CCCN)Cc2ccccc2)nc1-c1ccc(Cl)c(Cl)c1.CC(C)Cc1sc(N(CCC(=O)NS(=O)(=O)CCCN2C(=O)c3ccccc3C2=O)Cc2ccccc2)nc1-c1ccc(Cl)c(Cl)c1.NN.O. The van der Waals surface area contributed by atoms with Gasteiger partial charge in [-0.2, -0.15) is 0 Å². The van der Waals surface area contributed by atoms with Crippen molar-refractivity contribution in [3.05, 3.63) is 173 Å². The minimum atomic E-state index is -4.01. The van der Waals surface area contributed by atoms with Gasteiger partial charge in [0.25, 0.3) is 11.8 Å². The van der Waals surface area contributed by atoms with Gasteiger partial charge in [-0.1, -0.05) is 159 Å². The number of halogens is 4. The van der Waals surface area contributed by atoms with Gasteiger partial charge in [0.15, 0.2) is 10.3 Å². The molecule has 0 radical (unpaired) electrons. The van der Waals surface area contributed by atoms with E-state index in [1.165, 1.54) is 11.3 Å². The lowest BCUT2D eigenvalue weighted by molar-refractivity contribution is -0.120. The van der Waals surface area contributed by atoms with Crippen LogP contribution in [-0.2, 0) is 55.6 Å². The third kappa shape index (κ3) is 21.3. The summed E-state index contributed by atoms with van der Waals surface area (Å²) in [5.74, 6) is 6.05. The first kappa shape index (κ1) is 71.7. The Morgan fingerprint density at radius 1 is 0.575 bits per heavy atom. The van der Waals surface area contributed by atoms with Crippen LogP contribution < -0.4 is 36.7 Å². The van der Waals surface area contributed by atoms with Gasteiger partial charge in [-0.3, -0.25) is 45.2 Å². The number of anilines is 2. The summed E-state index contributed by atoms with van der Waals surface area (Å²) in [5.41, 5.74) is 11.4. The van der Waals surface area contributed by atoms with Crippen molar-refractivity contribution in [2.24, 2.45) is 29.3 Å². The number of benzene rings is 5. The number of sulfonamides is 2. The summed E-state index contributed by atoms with van der Waals surface area (Å²) in [6.07, 6.45) is 1.78.